The van der Waals surface area contributed by atoms with Gasteiger partial charge < -0.3 is 0 Å². The van der Waals surface area contributed by atoms with Crippen LogP contribution in [0.3, 0.4) is 0 Å². The van der Waals surface area contributed by atoms with Crippen LogP contribution >= 0.6 is 0 Å². The van der Waals surface area contributed by atoms with Gasteiger partial charge in [-0.2, -0.15) is 0 Å². The second-order valence-corrected chi connectivity index (χ2v) is 8.39. The van der Waals surface area contributed by atoms with E-state index in [1.54, 1.807) is 0 Å². The van der Waals surface area contributed by atoms with Crippen molar-refractivity contribution >= 4 is 0 Å². The van der Waals surface area contributed by atoms with Crippen molar-refractivity contribution in [3.63, 3.8) is 0 Å². The van der Waals surface area contributed by atoms with E-state index in [9.17, 15) is 22.0 Å². The van der Waals surface area contributed by atoms with Gasteiger partial charge in [-0.1, -0.05) is 48.1 Å². The number of fused-ring (bicyclic) bond motifs is 5. The molecule has 3 aliphatic rings. The number of hydrogen-bond acceptors (Lipinski definition) is 1. The maximum Gasteiger partial charge on any atom is 0.200 e. The molecule has 0 saturated carbocycles. The summed E-state index contributed by atoms with van der Waals surface area (Å²) in [6.45, 7) is 2.24. The molecule has 0 spiro atoms. The minimum Gasteiger partial charge on any atom is -0.289 e. The van der Waals surface area contributed by atoms with E-state index in [0.29, 0.717) is 5.92 Å². The van der Waals surface area contributed by atoms with E-state index in [-0.39, 0.29) is 31.0 Å². The van der Waals surface area contributed by atoms with Gasteiger partial charge in [-0.05, 0) is 36.8 Å². The lowest BCUT2D eigenvalue weighted by Crippen LogP contribution is -2.35. The first-order chi connectivity index (χ1) is 14.4. The van der Waals surface area contributed by atoms with Crippen LogP contribution in [0.15, 0.2) is 48.1 Å². The van der Waals surface area contributed by atoms with Crippen LogP contribution in [0.5, 0.6) is 0 Å². The zero-order valence-electron chi connectivity index (χ0n) is 16.3. The molecule has 5 rings (SSSR count). The molecule has 2 aromatic carbocycles. The van der Waals surface area contributed by atoms with E-state index < -0.39 is 34.6 Å². The number of nitrogens with zero attached hydrogens (tertiary/aromatic N) is 1. The van der Waals surface area contributed by atoms with Gasteiger partial charge in [0.1, 0.15) is 0 Å². The van der Waals surface area contributed by atoms with Crippen molar-refractivity contribution < 1.29 is 22.0 Å². The Labute approximate surface area is 171 Å². The molecule has 30 heavy (non-hydrogen) atoms. The van der Waals surface area contributed by atoms with E-state index in [0.717, 1.165) is 6.42 Å². The van der Waals surface area contributed by atoms with E-state index in [2.05, 4.69) is 29.2 Å². The highest BCUT2D eigenvalue weighted by Gasteiger charge is 2.51. The molecule has 1 saturated heterocycles. The Kier molecular flexibility index (Phi) is 4.58. The van der Waals surface area contributed by atoms with Crippen LogP contribution in [0.25, 0.3) is 0 Å². The topological polar surface area (TPSA) is 3.24 Å². The van der Waals surface area contributed by atoms with Crippen molar-refractivity contribution in [3.8, 4) is 0 Å². The molecule has 0 amide bonds. The maximum atomic E-state index is 14.2. The molecule has 156 valence electrons. The molecule has 1 heterocycles. The summed E-state index contributed by atoms with van der Waals surface area (Å²) in [5, 5.41) is 0. The van der Waals surface area contributed by atoms with Crippen LogP contribution in [0.4, 0.5) is 22.0 Å². The van der Waals surface area contributed by atoms with Crippen molar-refractivity contribution in [1.82, 2.24) is 4.90 Å². The lowest BCUT2D eigenvalue weighted by atomic mass is 9.83. The molecular formula is C24H20F5N. The van der Waals surface area contributed by atoms with Gasteiger partial charge in [-0.25, -0.2) is 22.0 Å². The van der Waals surface area contributed by atoms with E-state index in [1.807, 2.05) is 25.1 Å². The average Bonchev–Trinajstić information content (AvgIpc) is 3.26. The average molecular weight is 417 g/mol. The van der Waals surface area contributed by atoms with Crippen LogP contribution in [0.2, 0.25) is 0 Å². The third kappa shape index (κ3) is 2.77. The van der Waals surface area contributed by atoms with Crippen molar-refractivity contribution in [2.45, 2.75) is 31.8 Å². The molecule has 1 aliphatic heterocycles. The fourth-order valence-corrected chi connectivity index (χ4v) is 5.51. The molecule has 0 bridgehead atoms. The first-order valence-corrected chi connectivity index (χ1v) is 10.1. The summed E-state index contributed by atoms with van der Waals surface area (Å²) >= 11 is 0. The molecule has 0 N–H and O–H groups in total. The normalized spacial score (nSPS) is 27.1. The molecule has 4 atom stereocenters. The predicted octanol–water partition coefficient (Wildman–Crippen LogP) is 5.65. The van der Waals surface area contributed by atoms with Gasteiger partial charge in [0.05, 0.1) is 0 Å². The number of likely N-dealkylation sites (tertiary alicyclic amines) is 1. The number of hydrogen-bond donors (Lipinski definition) is 0. The van der Waals surface area contributed by atoms with Gasteiger partial charge in [-0.3, -0.25) is 4.90 Å². The van der Waals surface area contributed by atoms with Crippen molar-refractivity contribution in [2.75, 3.05) is 6.54 Å². The number of benzene rings is 2. The van der Waals surface area contributed by atoms with Gasteiger partial charge in [0, 0.05) is 30.1 Å². The lowest BCUT2D eigenvalue weighted by molar-refractivity contribution is 0.208. The van der Waals surface area contributed by atoms with Crippen molar-refractivity contribution in [1.29, 1.82) is 0 Å². The molecule has 2 aromatic rings. The molecule has 4 unspecified atom stereocenters. The van der Waals surface area contributed by atoms with E-state index in [4.69, 9.17) is 0 Å². The second-order valence-electron chi connectivity index (χ2n) is 8.39. The van der Waals surface area contributed by atoms with Gasteiger partial charge in [0.25, 0.3) is 0 Å². The summed E-state index contributed by atoms with van der Waals surface area (Å²) in [7, 11) is 0. The van der Waals surface area contributed by atoms with Crippen LogP contribution in [0.1, 0.15) is 29.7 Å². The molecular weight excluding hydrogens is 397 g/mol. The number of halogens is 5. The fourth-order valence-electron chi connectivity index (χ4n) is 5.51. The highest BCUT2D eigenvalue weighted by Crippen LogP contribution is 2.53. The summed E-state index contributed by atoms with van der Waals surface area (Å²) < 4.78 is 69.1. The summed E-state index contributed by atoms with van der Waals surface area (Å²) in [4.78, 5) is 2.17. The Hall–Kier alpha value is -2.47. The Morgan fingerprint density at radius 3 is 2.33 bits per heavy atom. The minimum absolute atomic E-state index is 0.0401. The lowest BCUT2D eigenvalue weighted by Gasteiger charge is -2.31. The maximum absolute atomic E-state index is 14.2. The fraction of sp³-hybridized carbons (Fsp3) is 0.333. The monoisotopic (exact) mass is 417 g/mol. The van der Waals surface area contributed by atoms with Gasteiger partial charge >= 0.3 is 0 Å². The molecule has 2 aliphatic carbocycles. The summed E-state index contributed by atoms with van der Waals surface area (Å²) in [6, 6.07) is 8.24. The Morgan fingerprint density at radius 2 is 1.60 bits per heavy atom. The summed E-state index contributed by atoms with van der Waals surface area (Å²) in [5.74, 6) is -8.78. The quantitative estimate of drug-likeness (QED) is 0.354. The van der Waals surface area contributed by atoms with E-state index >= 15 is 0 Å². The molecule has 1 nitrogen and oxygen atoms in total. The third-order valence-corrected chi connectivity index (χ3v) is 6.80. The first-order valence-electron chi connectivity index (χ1n) is 10.1. The van der Waals surface area contributed by atoms with Gasteiger partial charge in [0.2, 0.25) is 5.82 Å². The SMILES string of the molecule is CC1=CC2C3Cc4ccccc4C3N(CCc3c(F)c(F)c(F)c(F)c3F)C2C=C1. The predicted molar refractivity (Wildman–Crippen MR) is 103 cm³/mol. The third-order valence-electron chi connectivity index (χ3n) is 6.80. The largest absolute Gasteiger partial charge is 0.289 e. The van der Waals surface area contributed by atoms with E-state index in [1.165, 1.54) is 16.7 Å². The Balaban J connectivity index is 1.51. The molecule has 0 radical (unpaired) electrons. The van der Waals surface area contributed by atoms with Crippen molar-refractivity contribution in [3.05, 3.63) is 93.8 Å². The summed E-state index contributed by atoms with van der Waals surface area (Å²) in [5.41, 5.74) is 2.87. The zero-order valence-corrected chi connectivity index (χ0v) is 16.3. The highest BCUT2D eigenvalue weighted by atomic mass is 19.2. The second kappa shape index (κ2) is 7.05. The van der Waals surface area contributed by atoms with Crippen LogP contribution in [-0.4, -0.2) is 17.5 Å². The number of allylic oxidation sites excluding steroid dienone is 2. The van der Waals surface area contributed by atoms with Crippen LogP contribution < -0.4 is 0 Å². The number of rotatable bonds is 3. The van der Waals surface area contributed by atoms with Crippen molar-refractivity contribution in [2.24, 2.45) is 11.8 Å². The molecule has 1 fully saturated rings. The van der Waals surface area contributed by atoms with Gasteiger partial charge in [0.15, 0.2) is 23.3 Å². The van der Waals surface area contributed by atoms with Crippen LogP contribution in [-0.2, 0) is 12.8 Å². The van der Waals surface area contributed by atoms with Gasteiger partial charge in [-0.15, -0.1) is 0 Å². The first kappa shape index (κ1) is 19.5. The Morgan fingerprint density at radius 1 is 0.933 bits per heavy atom. The smallest absolute Gasteiger partial charge is 0.200 e. The zero-order chi connectivity index (χ0) is 21.2. The minimum atomic E-state index is -2.12. The highest BCUT2D eigenvalue weighted by molar-refractivity contribution is 5.41. The Bertz CT molecular complexity index is 1060. The standard InChI is InChI=1S/C24H20F5N/c1-12-6-7-18-16(10-12)17-11-13-4-2-3-5-14(13)24(17)30(18)9-8-15-19(25)21(27)23(29)22(28)20(15)26/h2-7,10,16-18,24H,8-9,11H2,1H3. The molecule has 6 heteroatoms. The van der Waals surface area contributed by atoms with Crippen LogP contribution in [0, 0.1) is 40.9 Å². The summed E-state index contributed by atoms with van der Waals surface area (Å²) in [6.07, 6.45) is 7.03. The molecule has 0 aromatic heterocycles.